The van der Waals surface area contributed by atoms with Crippen LogP contribution in [0.2, 0.25) is 5.02 Å². The van der Waals surface area contributed by atoms with Crippen molar-refractivity contribution in [3.8, 4) is 0 Å². The van der Waals surface area contributed by atoms with E-state index in [1.807, 2.05) is 0 Å². The Kier molecular flexibility index (Phi) is 4.32. The molecular formula is C10H14ClNO3S. The standard InChI is InChI=1S/C10H14ClNO3S/c1-8-4-3-5-9(10(8)11)16(14,15)12(2)6-7-13/h3-5,13H,6-7H2,1-2H3. The number of benzene rings is 1. The third kappa shape index (κ3) is 2.55. The summed E-state index contributed by atoms with van der Waals surface area (Å²) in [6, 6.07) is 4.84. The molecule has 1 N–H and O–H groups in total. The van der Waals surface area contributed by atoms with Crippen molar-refractivity contribution in [1.29, 1.82) is 0 Å². The lowest BCUT2D eigenvalue weighted by molar-refractivity contribution is 0.266. The summed E-state index contributed by atoms with van der Waals surface area (Å²) in [5.41, 5.74) is 0.708. The minimum Gasteiger partial charge on any atom is -0.395 e. The molecule has 1 aromatic rings. The van der Waals surface area contributed by atoms with E-state index in [-0.39, 0.29) is 23.1 Å². The highest BCUT2D eigenvalue weighted by molar-refractivity contribution is 7.89. The Morgan fingerprint density at radius 3 is 2.62 bits per heavy atom. The summed E-state index contributed by atoms with van der Waals surface area (Å²) < 4.78 is 25.1. The highest BCUT2D eigenvalue weighted by Crippen LogP contribution is 2.26. The average molecular weight is 264 g/mol. The van der Waals surface area contributed by atoms with E-state index in [9.17, 15) is 8.42 Å². The maximum atomic E-state index is 12.0. The molecule has 0 radical (unpaired) electrons. The summed E-state index contributed by atoms with van der Waals surface area (Å²) in [6.07, 6.45) is 0. The topological polar surface area (TPSA) is 57.6 Å². The van der Waals surface area contributed by atoms with Crippen LogP contribution in [0.15, 0.2) is 23.1 Å². The van der Waals surface area contributed by atoms with Gasteiger partial charge in [0.2, 0.25) is 10.0 Å². The summed E-state index contributed by atoms with van der Waals surface area (Å²) in [5, 5.41) is 8.96. The van der Waals surface area contributed by atoms with Gasteiger partial charge in [0.05, 0.1) is 11.6 Å². The van der Waals surface area contributed by atoms with Gasteiger partial charge in [0, 0.05) is 13.6 Å². The molecule has 0 fully saturated rings. The molecule has 0 aromatic heterocycles. The summed E-state index contributed by atoms with van der Waals surface area (Å²) in [4.78, 5) is 0.0742. The van der Waals surface area contributed by atoms with Crippen LogP contribution in [0.5, 0.6) is 0 Å². The van der Waals surface area contributed by atoms with E-state index in [0.29, 0.717) is 5.56 Å². The number of hydrogen-bond acceptors (Lipinski definition) is 3. The van der Waals surface area contributed by atoms with E-state index in [1.165, 1.54) is 13.1 Å². The normalized spacial score (nSPS) is 12.1. The lowest BCUT2D eigenvalue weighted by atomic mass is 10.2. The zero-order valence-electron chi connectivity index (χ0n) is 9.14. The van der Waals surface area contributed by atoms with Gasteiger partial charge >= 0.3 is 0 Å². The second-order valence-corrected chi connectivity index (χ2v) is 5.83. The molecule has 0 atom stereocenters. The molecule has 16 heavy (non-hydrogen) atoms. The summed E-state index contributed by atoms with van der Waals surface area (Å²) >= 11 is 5.95. The minimum absolute atomic E-state index is 0.0482. The second kappa shape index (κ2) is 5.14. The van der Waals surface area contributed by atoms with Crippen LogP contribution in [0.1, 0.15) is 5.56 Å². The highest BCUT2D eigenvalue weighted by Gasteiger charge is 2.23. The van der Waals surface area contributed by atoms with Crippen LogP contribution in [0, 0.1) is 6.92 Å². The van der Waals surface area contributed by atoms with Gasteiger partial charge < -0.3 is 5.11 Å². The molecule has 90 valence electrons. The van der Waals surface area contributed by atoms with Crippen molar-refractivity contribution in [2.24, 2.45) is 0 Å². The molecule has 0 saturated heterocycles. The van der Waals surface area contributed by atoms with Crippen molar-refractivity contribution in [2.75, 3.05) is 20.2 Å². The Bertz CT molecular complexity index is 473. The van der Waals surface area contributed by atoms with Gasteiger partial charge in [-0.05, 0) is 18.6 Å². The van der Waals surface area contributed by atoms with Gasteiger partial charge in [-0.3, -0.25) is 0 Å². The lowest BCUT2D eigenvalue weighted by Crippen LogP contribution is -2.29. The average Bonchev–Trinajstić information content (AvgIpc) is 2.22. The smallest absolute Gasteiger partial charge is 0.244 e. The Balaban J connectivity index is 3.22. The molecule has 0 aliphatic rings. The van der Waals surface area contributed by atoms with Gasteiger partial charge in [0.15, 0.2) is 0 Å². The number of sulfonamides is 1. The van der Waals surface area contributed by atoms with Gasteiger partial charge in [0.25, 0.3) is 0 Å². The summed E-state index contributed by atoms with van der Waals surface area (Å²) in [7, 11) is -2.21. The Labute approximate surface area is 101 Å². The van der Waals surface area contributed by atoms with Crippen molar-refractivity contribution >= 4 is 21.6 Å². The third-order valence-electron chi connectivity index (χ3n) is 2.26. The number of nitrogens with zero attached hydrogens (tertiary/aromatic N) is 1. The van der Waals surface area contributed by atoms with E-state index in [4.69, 9.17) is 16.7 Å². The maximum Gasteiger partial charge on any atom is 0.244 e. The SMILES string of the molecule is Cc1cccc(S(=O)(=O)N(C)CCO)c1Cl. The quantitative estimate of drug-likeness (QED) is 0.890. The molecule has 0 bridgehead atoms. The van der Waals surface area contributed by atoms with Gasteiger partial charge in [-0.25, -0.2) is 8.42 Å². The molecule has 6 heteroatoms. The van der Waals surface area contributed by atoms with Gasteiger partial charge in [-0.2, -0.15) is 4.31 Å². The number of hydrogen-bond donors (Lipinski definition) is 1. The number of aliphatic hydroxyl groups excluding tert-OH is 1. The fraction of sp³-hybridized carbons (Fsp3) is 0.400. The van der Waals surface area contributed by atoms with Gasteiger partial charge in [-0.1, -0.05) is 23.7 Å². The van der Waals surface area contributed by atoms with Crippen molar-refractivity contribution in [1.82, 2.24) is 4.31 Å². The maximum absolute atomic E-state index is 12.0. The molecule has 1 rings (SSSR count). The second-order valence-electron chi connectivity index (χ2n) is 3.44. The molecule has 0 aliphatic carbocycles. The van der Waals surface area contributed by atoms with Crippen LogP contribution in [-0.4, -0.2) is 38.0 Å². The third-order valence-corrected chi connectivity index (χ3v) is 4.77. The van der Waals surface area contributed by atoms with Crippen LogP contribution in [0.3, 0.4) is 0 Å². The monoisotopic (exact) mass is 263 g/mol. The first-order chi connectivity index (χ1) is 7.41. The molecule has 0 heterocycles. The number of halogens is 1. The van der Waals surface area contributed by atoms with Crippen molar-refractivity contribution < 1.29 is 13.5 Å². The molecule has 4 nitrogen and oxygen atoms in total. The van der Waals surface area contributed by atoms with E-state index in [2.05, 4.69) is 0 Å². The number of likely N-dealkylation sites (N-methyl/N-ethyl adjacent to an activating group) is 1. The van der Waals surface area contributed by atoms with E-state index >= 15 is 0 Å². The fourth-order valence-corrected chi connectivity index (χ4v) is 2.96. The fourth-order valence-electron chi connectivity index (χ4n) is 1.25. The largest absolute Gasteiger partial charge is 0.395 e. The zero-order chi connectivity index (χ0) is 12.3. The molecular weight excluding hydrogens is 250 g/mol. The first kappa shape index (κ1) is 13.4. The number of aryl methyl sites for hydroxylation is 1. The molecule has 0 amide bonds. The molecule has 1 aromatic carbocycles. The van der Waals surface area contributed by atoms with Crippen LogP contribution in [0.4, 0.5) is 0 Å². The molecule has 0 unspecified atom stereocenters. The number of rotatable bonds is 4. The van der Waals surface area contributed by atoms with Crippen LogP contribution in [0.25, 0.3) is 0 Å². The van der Waals surface area contributed by atoms with Crippen molar-refractivity contribution in [3.05, 3.63) is 28.8 Å². The minimum atomic E-state index is -3.61. The van der Waals surface area contributed by atoms with E-state index in [1.54, 1.807) is 19.1 Å². The Hall–Kier alpha value is -0.620. The first-order valence-corrected chi connectivity index (χ1v) is 6.55. The highest BCUT2D eigenvalue weighted by atomic mass is 35.5. The molecule has 0 spiro atoms. The predicted octanol–water partition coefficient (Wildman–Crippen LogP) is 1.26. The number of aliphatic hydroxyl groups is 1. The van der Waals surface area contributed by atoms with Crippen molar-refractivity contribution in [2.45, 2.75) is 11.8 Å². The summed E-state index contributed by atoms with van der Waals surface area (Å²) in [6.45, 7) is 1.57. The van der Waals surface area contributed by atoms with Crippen LogP contribution < -0.4 is 0 Å². The van der Waals surface area contributed by atoms with E-state index < -0.39 is 10.0 Å². The van der Waals surface area contributed by atoms with Gasteiger partial charge in [-0.15, -0.1) is 0 Å². The molecule has 0 saturated carbocycles. The van der Waals surface area contributed by atoms with Crippen LogP contribution in [-0.2, 0) is 10.0 Å². The molecule has 0 aliphatic heterocycles. The van der Waals surface area contributed by atoms with Gasteiger partial charge in [0.1, 0.15) is 4.90 Å². The zero-order valence-corrected chi connectivity index (χ0v) is 10.7. The predicted molar refractivity (Wildman–Crippen MR) is 63.1 cm³/mol. The Morgan fingerprint density at radius 1 is 1.44 bits per heavy atom. The van der Waals surface area contributed by atoms with E-state index in [0.717, 1.165) is 4.31 Å². The summed E-state index contributed by atoms with van der Waals surface area (Å²) in [5.74, 6) is 0. The van der Waals surface area contributed by atoms with Crippen molar-refractivity contribution in [3.63, 3.8) is 0 Å². The first-order valence-electron chi connectivity index (χ1n) is 4.73. The lowest BCUT2D eigenvalue weighted by Gasteiger charge is -2.17. The Morgan fingerprint density at radius 2 is 2.06 bits per heavy atom. The van der Waals surface area contributed by atoms with Crippen LogP contribution >= 0.6 is 11.6 Å².